The number of aliphatic hydroxyl groups is 1. The molecule has 21 heavy (non-hydrogen) atoms. The number of carbonyl (C=O) groups excluding carboxylic acids is 2. The zero-order chi connectivity index (χ0) is 15.8. The van der Waals surface area contributed by atoms with Gasteiger partial charge in [0.25, 0.3) is 0 Å². The van der Waals surface area contributed by atoms with E-state index in [1.165, 1.54) is 4.90 Å². The molecule has 0 aromatic carbocycles. The van der Waals surface area contributed by atoms with Crippen LogP contribution in [0.5, 0.6) is 0 Å². The molecule has 0 bridgehead atoms. The highest BCUT2D eigenvalue weighted by atomic mass is 16.5. The SMILES string of the molecule is COC(=O)C[C@H](NC(=O)N1CCCCCC1CO)C(=O)O. The van der Waals surface area contributed by atoms with Gasteiger partial charge in [-0.25, -0.2) is 9.59 Å². The second-order valence-corrected chi connectivity index (χ2v) is 5.00. The van der Waals surface area contributed by atoms with Crippen LogP contribution in [-0.2, 0) is 14.3 Å². The molecule has 0 saturated carbocycles. The quantitative estimate of drug-likeness (QED) is 0.613. The van der Waals surface area contributed by atoms with E-state index in [0.29, 0.717) is 13.0 Å². The van der Waals surface area contributed by atoms with Crippen molar-refractivity contribution in [2.24, 2.45) is 0 Å². The Morgan fingerprint density at radius 2 is 2.05 bits per heavy atom. The molecule has 1 heterocycles. The number of carboxylic acid groups (broad SMARTS) is 1. The second kappa shape index (κ2) is 8.46. The van der Waals surface area contributed by atoms with E-state index in [1.54, 1.807) is 0 Å². The third-order valence-corrected chi connectivity index (χ3v) is 3.54. The van der Waals surface area contributed by atoms with Crippen LogP contribution in [0.3, 0.4) is 0 Å². The van der Waals surface area contributed by atoms with Crippen LogP contribution >= 0.6 is 0 Å². The standard InChI is InChI=1S/C13H22N2O6/c1-21-11(17)7-10(12(18)19)14-13(20)15-6-4-2-3-5-9(15)8-16/h9-10,16H,2-8H2,1H3,(H,14,20)(H,18,19)/t9?,10-/m0/s1. The molecule has 0 radical (unpaired) electrons. The summed E-state index contributed by atoms with van der Waals surface area (Å²) in [5.74, 6) is -2.01. The molecule has 2 amide bonds. The van der Waals surface area contributed by atoms with Crippen LogP contribution in [0.25, 0.3) is 0 Å². The van der Waals surface area contributed by atoms with Crippen LogP contribution in [-0.4, -0.2) is 65.4 Å². The Balaban J connectivity index is 2.70. The van der Waals surface area contributed by atoms with Gasteiger partial charge in [-0.15, -0.1) is 0 Å². The molecular formula is C13H22N2O6. The Hall–Kier alpha value is -1.83. The molecule has 1 unspecified atom stereocenters. The Labute approximate surface area is 123 Å². The molecule has 0 aromatic heterocycles. The van der Waals surface area contributed by atoms with Gasteiger partial charge in [0, 0.05) is 6.54 Å². The van der Waals surface area contributed by atoms with Gasteiger partial charge in [-0.1, -0.05) is 12.8 Å². The number of hydrogen-bond acceptors (Lipinski definition) is 5. The average Bonchev–Trinajstić information content (AvgIpc) is 2.71. The highest BCUT2D eigenvalue weighted by Crippen LogP contribution is 2.16. The van der Waals surface area contributed by atoms with Crippen molar-refractivity contribution in [2.45, 2.75) is 44.2 Å². The van der Waals surface area contributed by atoms with E-state index in [4.69, 9.17) is 5.11 Å². The number of likely N-dealkylation sites (tertiary alicyclic amines) is 1. The number of rotatable bonds is 5. The number of amides is 2. The summed E-state index contributed by atoms with van der Waals surface area (Å²) >= 11 is 0. The van der Waals surface area contributed by atoms with Gasteiger partial charge in [-0.2, -0.15) is 0 Å². The van der Waals surface area contributed by atoms with E-state index in [-0.39, 0.29) is 12.6 Å². The van der Waals surface area contributed by atoms with E-state index < -0.39 is 30.4 Å². The Morgan fingerprint density at radius 1 is 1.33 bits per heavy atom. The number of carboxylic acids is 1. The van der Waals surface area contributed by atoms with Gasteiger partial charge in [0.05, 0.1) is 26.2 Å². The van der Waals surface area contributed by atoms with Crippen molar-refractivity contribution in [1.82, 2.24) is 10.2 Å². The molecule has 1 fully saturated rings. The summed E-state index contributed by atoms with van der Waals surface area (Å²) < 4.78 is 4.41. The molecule has 3 N–H and O–H groups in total. The van der Waals surface area contributed by atoms with Crippen LogP contribution < -0.4 is 5.32 Å². The number of nitrogens with one attached hydrogen (secondary N) is 1. The van der Waals surface area contributed by atoms with Gasteiger partial charge >= 0.3 is 18.0 Å². The predicted octanol–water partition coefficient (Wildman–Crippen LogP) is -0.0508. The van der Waals surface area contributed by atoms with Crippen molar-refractivity contribution in [3.8, 4) is 0 Å². The van der Waals surface area contributed by atoms with Crippen LogP contribution in [0.15, 0.2) is 0 Å². The fourth-order valence-corrected chi connectivity index (χ4v) is 2.32. The molecule has 1 aliphatic rings. The topological polar surface area (TPSA) is 116 Å². The van der Waals surface area contributed by atoms with Gasteiger partial charge in [0.15, 0.2) is 0 Å². The van der Waals surface area contributed by atoms with Crippen molar-refractivity contribution in [1.29, 1.82) is 0 Å². The maximum Gasteiger partial charge on any atom is 0.326 e. The Bertz CT molecular complexity index is 387. The lowest BCUT2D eigenvalue weighted by atomic mass is 10.1. The normalized spacial score (nSPS) is 20.3. The minimum absolute atomic E-state index is 0.165. The predicted molar refractivity (Wildman–Crippen MR) is 72.6 cm³/mol. The lowest BCUT2D eigenvalue weighted by molar-refractivity contribution is -0.147. The van der Waals surface area contributed by atoms with E-state index in [9.17, 15) is 19.5 Å². The average molecular weight is 302 g/mol. The van der Waals surface area contributed by atoms with E-state index >= 15 is 0 Å². The van der Waals surface area contributed by atoms with Crippen LogP contribution in [0.1, 0.15) is 32.1 Å². The molecule has 0 spiro atoms. The number of aliphatic carboxylic acids is 1. The molecule has 0 aliphatic carbocycles. The Morgan fingerprint density at radius 3 is 2.62 bits per heavy atom. The molecule has 1 saturated heterocycles. The lowest BCUT2D eigenvalue weighted by Crippen LogP contribution is -2.52. The fraction of sp³-hybridized carbons (Fsp3) is 0.769. The summed E-state index contributed by atoms with van der Waals surface area (Å²) in [6.45, 7) is 0.295. The first kappa shape index (κ1) is 17.2. The van der Waals surface area contributed by atoms with Crippen LogP contribution in [0.4, 0.5) is 4.79 Å². The van der Waals surface area contributed by atoms with E-state index in [2.05, 4.69) is 10.1 Å². The monoisotopic (exact) mass is 302 g/mol. The highest BCUT2D eigenvalue weighted by molar-refractivity contribution is 5.86. The van der Waals surface area contributed by atoms with Gasteiger partial charge in [0.1, 0.15) is 6.04 Å². The fourth-order valence-electron chi connectivity index (χ4n) is 2.32. The first-order valence-corrected chi connectivity index (χ1v) is 6.97. The number of carbonyl (C=O) groups is 3. The minimum Gasteiger partial charge on any atom is -0.480 e. The maximum absolute atomic E-state index is 12.2. The minimum atomic E-state index is -1.34. The van der Waals surface area contributed by atoms with Gasteiger partial charge < -0.3 is 25.2 Å². The number of aliphatic hydroxyl groups excluding tert-OH is 1. The molecule has 1 aliphatic heterocycles. The molecule has 2 atom stereocenters. The van der Waals surface area contributed by atoms with Crippen molar-refractivity contribution in [2.75, 3.05) is 20.3 Å². The first-order chi connectivity index (χ1) is 9.99. The smallest absolute Gasteiger partial charge is 0.326 e. The number of methoxy groups -OCH3 is 1. The first-order valence-electron chi connectivity index (χ1n) is 6.97. The van der Waals surface area contributed by atoms with Crippen LogP contribution in [0.2, 0.25) is 0 Å². The zero-order valence-electron chi connectivity index (χ0n) is 12.1. The summed E-state index contributed by atoms with van der Waals surface area (Å²) in [7, 11) is 1.15. The molecule has 8 heteroatoms. The van der Waals surface area contributed by atoms with Crippen molar-refractivity contribution in [3.63, 3.8) is 0 Å². The second-order valence-electron chi connectivity index (χ2n) is 5.00. The largest absolute Gasteiger partial charge is 0.480 e. The van der Waals surface area contributed by atoms with Crippen molar-refractivity contribution < 1.29 is 29.3 Å². The van der Waals surface area contributed by atoms with Gasteiger partial charge in [-0.05, 0) is 12.8 Å². The lowest BCUT2D eigenvalue weighted by Gasteiger charge is -2.29. The number of esters is 1. The molecule has 8 nitrogen and oxygen atoms in total. The number of urea groups is 1. The molecule has 0 aromatic rings. The van der Waals surface area contributed by atoms with Crippen LogP contribution in [0, 0.1) is 0 Å². The number of hydrogen-bond donors (Lipinski definition) is 3. The van der Waals surface area contributed by atoms with Crippen molar-refractivity contribution in [3.05, 3.63) is 0 Å². The molecule has 1 rings (SSSR count). The van der Waals surface area contributed by atoms with E-state index in [1.807, 2.05) is 0 Å². The third kappa shape index (κ3) is 5.22. The molecule has 120 valence electrons. The highest BCUT2D eigenvalue weighted by Gasteiger charge is 2.29. The van der Waals surface area contributed by atoms with E-state index in [0.717, 1.165) is 26.4 Å². The zero-order valence-corrected chi connectivity index (χ0v) is 12.1. The molecular weight excluding hydrogens is 280 g/mol. The number of nitrogens with zero attached hydrogens (tertiary/aromatic N) is 1. The maximum atomic E-state index is 12.2. The summed E-state index contributed by atoms with van der Waals surface area (Å²) in [6, 6.07) is -2.24. The number of ether oxygens (including phenoxy) is 1. The van der Waals surface area contributed by atoms with Crippen molar-refractivity contribution >= 4 is 18.0 Å². The third-order valence-electron chi connectivity index (χ3n) is 3.54. The Kier molecular flexibility index (Phi) is 6.93. The summed E-state index contributed by atoms with van der Waals surface area (Å²) in [5, 5.41) is 20.7. The van der Waals surface area contributed by atoms with Gasteiger partial charge in [-0.3, -0.25) is 4.79 Å². The summed E-state index contributed by atoms with van der Waals surface area (Å²) in [6.07, 6.45) is 2.93. The summed E-state index contributed by atoms with van der Waals surface area (Å²) in [4.78, 5) is 35.9. The van der Waals surface area contributed by atoms with Gasteiger partial charge in [0.2, 0.25) is 0 Å². The summed E-state index contributed by atoms with van der Waals surface area (Å²) in [5.41, 5.74) is 0.